The number of hydrogen-bond acceptors (Lipinski definition) is 23. The monoisotopic (exact) mass is 1210 g/mol. The lowest BCUT2D eigenvalue weighted by Gasteiger charge is -2.32. The quantitative estimate of drug-likeness (QED) is 0.0178. The van der Waals surface area contributed by atoms with E-state index in [1.165, 1.54) is 56.0 Å². The topological polar surface area (TPSA) is 487 Å². The Bertz CT molecular complexity index is 2910. The number of primary amides is 2. The maximum absolute atomic E-state index is 14.5. The van der Waals surface area contributed by atoms with Crippen LogP contribution in [0.25, 0.3) is 10.7 Å². The minimum absolute atomic E-state index is 0.00895. The minimum Gasteiger partial charge on any atom is -0.391 e. The number of nitrogens with zero attached hydrogens (tertiary/aromatic N) is 5. The summed E-state index contributed by atoms with van der Waals surface area (Å²) >= 11 is 2.61. The van der Waals surface area contributed by atoms with Gasteiger partial charge in [-0.15, -0.1) is 22.7 Å². The van der Waals surface area contributed by atoms with E-state index >= 15 is 0 Å². The predicted octanol–water partition coefficient (Wildman–Crippen LogP) is -2.80. The molecule has 31 heteroatoms. The molecule has 0 bridgehead atoms. The number of aromatic nitrogens is 6. The molecule has 0 aliphatic rings. The number of hydrogen-bond donors (Lipinski definition) is 17. The van der Waals surface area contributed by atoms with Crippen LogP contribution >= 0.6 is 22.7 Å². The van der Waals surface area contributed by atoms with Crippen molar-refractivity contribution in [2.45, 2.75) is 114 Å². The highest BCUT2D eigenvalue weighted by atomic mass is 32.1. The van der Waals surface area contributed by atoms with Gasteiger partial charge in [0.05, 0.1) is 59.5 Å². The van der Waals surface area contributed by atoms with Gasteiger partial charge < -0.3 is 91.5 Å². The highest BCUT2D eigenvalue weighted by Crippen LogP contribution is 2.26. The summed E-state index contributed by atoms with van der Waals surface area (Å²) in [6.45, 7) is 8.64. The molecule has 0 radical (unpaired) electrons. The van der Waals surface area contributed by atoms with Crippen LogP contribution in [0.4, 0.5) is 5.82 Å². The normalized spacial score (nSPS) is 14.6. The Morgan fingerprint density at radius 1 is 0.750 bits per heavy atom. The van der Waals surface area contributed by atoms with Crippen LogP contribution in [-0.4, -0.2) is 175 Å². The molecule has 0 saturated heterocycles. The Morgan fingerprint density at radius 2 is 1.45 bits per heavy atom. The first-order valence-corrected chi connectivity index (χ1v) is 29.2. The second-order valence-corrected chi connectivity index (χ2v) is 21.8. The molecule has 1 aromatic carbocycles. The molecule has 0 unspecified atom stereocenters. The molecule has 9 atom stereocenters. The van der Waals surface area contributed by atoms with Crippen LogP contribution in [0.1, 0.15) is 107 Å². The van der Waals surface area contributed by atoms with Crippen molar-refractivity contribution in [3.8, 4) is 10.7 Å². The number of anilines is 1. The average molecular weight is 1210 g/mol. The SMILES string of the molecule is Cc1c(N)nc([C@H](CC(N)=O)NC[C@H](N)C(N)=O)nc1C(=O)N[C@H](C(=O)N[C@H](Cc1ccccc1)[C@@H](O)[C@H](C)C(=O)N[C@H](C(=O)NCCc1nc(-c2nc(C(=O)NCCCNCCCCNCCCN)cs2)cs1)[C@@H](C)O)[C@@H](O)c1cnc[nH]1. The van der Waals surface area contributed by atoms with Crippen molar-refractivity contribution in [1.82, 2.24) is 72.4 Å². The van der Waals surface area contributed by atoms with E-state index in [4.69, 9.17) is 28.7 Å². The summed E-state index contributed by atoms with van der Waals surface area (Å²) in [6, 6.07) is 1.64. The number of H-pyrrole nitrogens is 1. The number of unbranched alkanes of at least 4 members (excludes halogenated alkanes) is 1. The van der Waals surface area contributed by atoms with E-state index in [-0.39, 0.29) is 66.1 Å². The summed E-state index contributed by atoms with van der Waals surface area (Å²) in [5.74, 6) is -7.42. The zero-order valence-electron chi connectivity index (χ0n) is 47.1. The highest BCUT2D eigenvalue weighted by Gasteiger charge is 2.38. The second-order valence-electron chi connectivity index (χ2n) is 20.0. The van der Waals surface area contributed by atoms with E-state index in [2.05, 4.69) is 72.4 Å². The van der Waals surface area contributed by atoms with E-state index in [0.29, 0.717) is 34.4 Å². The van der Waals surface area contributed by atoms with Crippen molar-refractivity contribution in [2.24, 2.45) is 28.9 Å². The fourth-order valence-corrected chi connectivity index (χ4v) is 9.97. The number of aliphatic hydroxyl groups excluding tert-OH is 3. The van der Waals surface area contributed by atoms with Crippen LogP contribution in [-0.2, 0) is 36.8 Å². The molecular formula is C53H79N19O10S2. The van der Waals surface area contributed by atoms with Gasteiger partial charge in [0.15, 0.2) is 0 Å². The van der Waals surface area contributed by atoms with E-state index in [0.717, 1.165) is 51.9 Å². The summed E-state index contributed by atoms with van der Waals surface area (Å²) in [7, 11) is 0. The van der Waals surface area contributed by atoms with Gasteiger partial charge in [0, 0.05) is 48.8 Å². The Labute approximate surface area is 493 Å². The van der Waals surface area contributed by atoms with Gasteiger partial charge in [0.1, 0.15) is 51.9 Å². The molecule has 0 aliphatic heterocycles. The van der Waals surface area contributed by atoms with Crippen molar-refractivity contribution >= 4 is 69.8 Å². The Balaban J connectivity index is 1.21. The third-order valence-electron chi connectivity index (χ3n) is 13.3. The van der Waals surface area contributed by atoms with Crippen molar-refractivity contribution in [3.63, 3.8) is 0 Å². The number of aliphatic hydroxyl groups is 3. The van der Waals surface area contributed by atoms with E-state index in [1.807, 2.05) is 0 Å². The molecule has 5 aromatic rings. The van der Waals surface area contributed by atoms with Gasteiger partial charge in [0.25, 0.3) is 11.8 Å². The van der Waals surface area contributed by atoms with E-state index in [1.54, 1.807) is 41.1 Å². The second kappa shape index (κ2) is 34.3. The molecule has 84 heavy (non-hydrogen) atoms. The lowest BCUT2D eigenvalue weighted by molar-refractivity contribution is -0.136. The van der Waals surface area contributed by atoms with Crippen LogP contribution in [0.2, 0.25) is 0 Å². The lowest BCUT2D eigenvalue weighted by atomic mass is 9.91. The number of rotatable bonds is 38. The van der Waals surface area contributed by atoms with Crippen molar-refractivity contribution < 1.29 is 48.9 Å². The van der Waals surface area contributed by atoms with Gasteiger partial charge in [-0.05, 0) is 84.2 Å². The number of nitrogens with one attached hydrogen (secondary N) is 9. The van der Waals surface area contributed by atoms with Crippen molar-refractivity contribution in [3.05, 3.63) is 92.7 Å². The summed E-state index contributed by atoms with van der Waals surface area (Å²) in [4.78, 5) is 117. The van der Waals surface area contributed by atoms with E-state index < -0.39 is 96.3 Å². The standard InChI is InChI=1S/C53H79N19O10S2/c1-28-40(69-47(72-45(28)57)34(22-38(56)74)64-23-32(55)46(58)77)51(81)71-42(44(76)35-24-61-27-65-35)52(82)67-33(21-31-11-5-4-6-12-31)43(75)29(2)48(78)70-41(30(3)73)50(80)63-20-13-39-66-37(26-83-39)53-68-36(25-84-53)49(79)62-19-10-18-60-16-8-7-15-59-17-9-14-54/h4-6,11-12,24-27,29-30,32-34,41-44,59-60,64,73,75-76H,7-10,13-23,54-55H2,1-3H3,(H2,56,74)(H2,58,77)(H,61,65)(H,62,79)(H,63,80)(H,67,82)(H,70,78)(H,71,81)(H2,57,69,72)/t29-,30+,32-,33+,34-,41-,42-,43-,44-/m0/s1. The maximum atomic E-state index is 14.5. The molecule has 0 aliphatic carbocycles. The van der Waals surface area contributed by atoms with Crippen LogP contribution in [0, 0.1) is 12.8 Å². The first-order chi connectivity index (χ1) is 40.2. The molecular weight excluding hydrogens is 1130 g/mol. The average Bonchev–Trinajstić information content (AvgIpc) is 4.41. The van der Waals surface area contributed by atoms with Crippen LogP contribution in [0.5, 0.6) is 0 Å². The molecule has 4 heterocycles. The fraction of sp³-hybridized carbons (Fsp3) is 0.509. The zero-order valence-corrected chi connectivity index (χ0v) is 48.8. The minimum atomic E-state index is -1.86. The zero-order chi connectivity index (χ0) is 61.3. The Morgan fingerprint density at radius 3 is 2.11 bits per heavy atom. The van der Waals surface area contributed by atoms with Gasteiger partial charge in [-0.25, -0.2) is 24.9 Å². The summed E-state index contributed by atoms with van der Waals surface area (Å²) in [5, 5.41) is 61.9. The summed E-state index contributed by atoms with van der Waals surface area (Å²) in [5.41, 5.74) is 29.4. The number of carbonyl (C=O) groups is 7. The number of aromatic amines is 1. The summed E-state index contributed by atoms with van der Waals surface area (Å²) < 4.78 is 0. The first-order valence-electron chi connectivity index (χ1n) is 27.4. The third-order valence-corrected chi connectivity index (χ3v) is 15.1. The molecule has 0 saturated carbocycles. The first kappa shape index (κ1) is 67.3. The Hall–Kier alpha value is -7.46. The molecule has 22 N–H and O–H groups in total. The molecule has 5 rings (SSSR count). The van der Waals surface area contributed by atoms with Crippen LogP contribution < -0.4 is 71.2 Å². The van der Waals surface area contributed by atoms with E-state index in [9.17, 15) is 48.9 Å². The van der Waals surface area contributed by atoms with Crippen molar-refractivity contribution in [2.75, 3.05) is 58.1 Å². The predicted molar refractivity (Wildman–Crippen MR) is 314 cm³/mol. The molecule has 0 spiro atoms. The molecule has 458 valence electrons. The maximum Gasteiger partial charge on any atom is 0.271 e. The molecule has 7 amide bonds. The number of thiazole rings is 2. The number of carbonyl (C=O) groups excluding carboxylic acids is 7. The van der Waals surface area contributed by atoms with Gasteiger partial charge in [-0.1, -0.05) is 37.3 Å². The van der Waals surface area contributed by atoms with Gasteiger partial charge in [0.2, 0.25) is 29.5 Å². The smallest absolute Gasteiger partial charge is 0.271 e. The largest absolute Gasteiger partial charge is 0.391 e. The summed E-state index contributed by atoms with van der Waals surface area (Å²) in [6.07, 6.45) is 1.14. The van der Waals surface area contributed by atoms with Gasteiger partial charge in [-0.2, -0.15) is 0 Å². The van der Waals surface area contributed by atoms with Crippen molar-refractivity contribution in [1.29, 1.82) is 0 Å². The Kier molecular flexibility index (Phi) is 27.5. The molecule has 29 nitrogen and oxygen atoms in total. The highest BCUT2D eigenvalue weighted by molar-refractivity contribution is 7.14. The fourth-order valence-electron chi connectivity index (χ4n) is 8.36. The van der Waals surface area contributed by atoms with Gasteiger partial charge in [-0.3, -0.25) is 33.6 Å². The number of nitrogen functional groups attached to an aromatic ring is 1. The lowest BCUT2D eigenvalue weighted by Crippen LogP contribution is -2.59. The van der Waals surface area contributed by atoms with Crippen LogP contribution in [0.15, 0.2) is 53.6 Å². The van der Waals surface area contributed by atoms with Gasteiger partial charge >= 0.3 is 0 Å². The van der Waals surface area contributed by atoms with Crippen LogP contribution in [0.3, 0.4) is 0 Å². The number of imidazole rings is 1. The number of nitrogens with two attached hydrogens (primary N) is 5. The third kappa shape index (κ3) is 21.0. The number of amides is 7. The number of benzene rings is 1. The molecule has 0 fully saturated rings. The molecule has 4 aromatic heterocycles.